The Balaban J connectivity index is 0.991. The molecule has 2 spiro atoms. The largest absolute Gasteiger partial charge is 0.469 e. The lowest BCUT2D eigenvalue weighted by atomic mass is 9.51. The fourth-order valence-electron chi connectivity index (χ4n) is 8.92. The maximum Gasteiger partial charge on any atom is 0.313 e. The molecule has 0 amide bonds. The van der Waals surface area contributed by atoms with Gasteiger partial charge in [0.05, 0.1) is 30.7 Å². The summed E-state index contributed by atoms with van der Waals surface area (Å²) in [7, 11) is 1.47. The quantitative estimate of drug-likeness (QED) is 0.0739. The van der Waals surface area contributed by atoms with Gasteiger partial charge in [-0.2, -0.15) is 0 Å². The number of carbonyl (C=O) groups is 2. The van der Waals surface area contributed by atoms with Crippen molar-refractivity contribution in [2.45, 2.75) is 154 Å². The zero-order valence-electron chi connectivity index (χ0n) is 25.7. The molecule has 5 fully saturated rings. The molecule has 6 heteroatoms. The van der Waals surface area contributed by atoms with Gasteiger partial charge in [0.15, 0.2) is 0 Å². The molecule has 7 atom stereocenters. The summed E-state index contributed by atoms with van der Waals surface area (Å²) < 4.78 is 23.9. The molecule has 2 saturated heterocycles. The number of ether oxygens (including phenoxy) is 4. The highest BCUT2D eigenvalue weighted by Gasteiger charge is 3.00. The first-order chi connectivity index (χ1) is 19.4. The number of methoxy groups -OCH3 is 1. The lowest BCUT2D eigenvalue weighted by Gasteiger charge is -2.49. The maximum absolute atomic E-state index is 13.3. The van der Waals surface area contributed by atoms with E-state index in [4.69, 9.17) is 18.9 Å². The summed E-state index contributed by atoms with van der Waals surface area (Å²) in [4.78, 5) is 26.1. The molecule has 6 nitrogen and oxygen atoms in total. The summed E-state index contributed by atoms with van der Waals surface area (Å²) in [6.07, 6.45) is 20.8. The first kappa shape index (κ1) is 30.1. The summed E-state index contributed by atoms with van der Waals surface area (Å²) in [6, 6.07) is 0. The van der Waals surface area contributed by atoms with Crippen LogP contribution in [0.1, 0.15) is 136 Å². The molecule has 3 unspecified atom stereocenters. The van der Waals surface area contributed by atoms with E-state index in [1.807, 2.05) is 0 Å². The van der Waals surface area contributed by atoms with Gasteiger partial charge >= 0.3 is 11.9 Å². The van der Waals surface area contributed by atoms with Gasteiger partial charge in [-0.3, -0.25) is 9.59 Å². The van der Waals surface area contributed by atoms with Crippen molar-refractivity contribution < 1.29 is 28.5 Å². The number of esters is 2. The Hall–Kier alpha value is -1.40. The van der Waals surface area contributed by atoms with Gasteiger partial charge in [-0.25, -0.2) is 0 Å². The van der Waals surface area contributed by atoms with Gasteiger partial charge in [0.2, 0.25) is 6.29 Å². The highest BCUT2D eigenvalue weighted by atomic mass is 16.7. The normalized spacial score (nSPS) is 36.0. The lowest BCUT2D eigenvalue weighted by Crippen LogP contribution is -2.56. The maximum atomic E-state index is 13.3. The summed E-state index contributed by atoms with van der Waals surface area (Å²) in [6.45, 7) is 6.96. The molecule has 226 valence electrons. The third kappa shape index (κ3) is 4.97. The van der Waals surface area contributed by atoms with Crippen molar-refractivity contribution in [2.75, 3.05) is 13.7 Å². The molecule has 0 aromatic rings. The van der Waals surface area contributed by atoms with Crippen molar-refractivity contribution >= 4 is 11.9 Å². The minimum Gasteiger partial charge on any atom is -0.469 e. The second kappa shape index (κ2) is 12.5. The van der Waals surface area contributed by atoms with E-state index in [2.05, 4.69) is 20.8 Å². The fraction of sp³-hybridized carbons (Fsp3) is 0.882. The number of allylic oxidation sites excluding steroid dienone is 1. The molecule has 3 saturated carbocycles. The summed E-state index contributed by atoms with van der Waals surface area (Å²) in [5, 5.41) is 0. The van der Waals surface area contributed by atoms with Crippen LogP contribution in [0, 0.1) is 22.7 Å². The average Bonchev–Trinajstić information content (AvgIpc) is 3.79. The number of hydrogen-bond donors (Lipinski definition) is 0. The van der Waals surface area contributed by atoms with E-state index in [1.54, 1.807) is 0 Å². The highest BCUT2D eigenvalue weighted by Crippen LogP contribution is 2.90. The summed E-state index contributed by atoms with van der Waals surface area (Å²) >= 11 is 0. The third-order valence-corrected chi connectivity index (χ3v) is 11.2. The molecule has 2 aliphatic heterocycles. The van der Waals surface area contributed by atoms with E-state index in [-0.39, 0.29) is 29.9 Å². The second-order valence-corrected chi connectivity index (χ2v) is 13.7. The van der Waals surface area contributed by atoms with Crippen LogP contribution < -0.4 is 0 Å². The molecule has 0 bridgehead atoms. The van der Waals surface area contributed by atoms with Crippen LogP contribution in [0.4, 0.5) is 0 Å². The monoisotopic (exact) mass is 558 g/mol. The number of fused-ring (bicyclic) bond motifs is 3. The number of epoxide rings is 1. The Morgan fingerprint density at radius 1 is 0.875 bits per heavy atom. The Bertz CT molecular complexity index is 954. The van der Waals surface area contributed by atoms with E-state index in [0.29, 0.717) is 19.4 Å². The molecule has 0 N–H and O–H groups in total. The van der Waals surface area contributed by atoms with Crippen LogP contribution in [0.25, 0.3) is 0 Å². The fourth-order valence-corrected chi connectivity index (χ4v) is 8.92. The van der Waals surface area contributed by atoms with E-state index >= 15 is 0 Å². The van der Waals surface area contributed by atoms with Crippen LogP contribution >= 0.6 is 0 Å². The third-order valence-electron chi connectivity index (χ3n) is 11.2. The van der Waals surface area contributed by atoms with E-state index in [1.165, 1.54) is 102 Å². The molecule has 0 aromatic heterocycles. The smallest absolute Gasteiger partial charge is 0.313 e. The predicted octanol–water partition coefficient (Wildman–Crippen LogP) is 7.82. The van der Waals surface area contributed by atoms with Crippen LogP contribution in [0.2, 0.25) is 0 Å². The number of rotatable bonds is 18. The molecule has 5 rings (SSSR count). The van der Waals surface area contributed by atoms with Crippen LogP contribution in [0.15, 0.2) is 11.1 Å². The van der Waals surface area contributed by atoms with Crippen LogP contribution in [0.5, 0.6) is 0 Å². The lowest BCUT2D eigenvalue weighted by molar-refractivity contribution is -0.188. The number of unbranched alkanes of at least 4 members (excludes halogenated alkanes) is 14. The van der Waals surface area contributed by atoms with Crippen LogP contribution in [-0.4, -0.2) is 43.7 Å². The van der Waals surface area contributed by atoms with Crippen molar-refractivity contribution in [1.29, 1.82) is 0 Å². The van der Waals surface area contributed by atoms with Gasteiger partial charge < -0.3 is 18.9 Å². The zero-order chi connectivity index (χ0) is 28.4. The predicted molar refractivity (Wildman–Crippen MR) is 154 cm³/mol. The van der Waals surface area contributed by atoms with E-state index in [0.717, 1.165) is 19.3 Å². The van der Waals surface area contributed by atoms with Gasteiger partial charge in [0, 0.05) is 12.3 Å². The Morgan fingerprint density at radius 3 is 2.00 bits per heavy atom. The van der Waals surface area contributed by atoms with Crippen molar-refractivity contribution in [3.63, 3.8) is 0 Å². The molecular formula is C34H54O6. The Labute approximate surface area is 242 Å². The van der Waals surface area contributed by atoms with Crippen molar-refractivity contribution in [3.8, 4) is 0 Å². The molecule has 5 aliphatic rings. The van der Waals surface area contributed by atoms with Crippen molar-refractivity contribution in [2.24, 2.45) is 22.7 Å². The van der Waals surface area contributed by atoms with Crippen molar-refractivity contribution in [1.82, 2.24) is 0 Å². The van der Waals surface area contributed by atoms with E-state index in [9.17, 15) is 9.59 Å². The topological polar surface area (TPSA) is 74.4 Å². The summed E-state index contributed by atoms with van der Waals surface area (Å²) in [5.41, 5.74) is 0.989. The first-order valence-electron chi connectivity index (χ1n) is 16.6. The van der Waals surface area contributed by atoms with Crippen molar-refractivity contribution in [3.05, 3.63) is 11.1 Å². The van der Waals surface area contributed by atoms with Gasteiger partial charge in [0.1, 0.15) is 5.60 Å². The van der Waals surface area contributed by atoms with Gasteiger partial charge in [-0.1, -0.05) is 108 Å². The second-order valence-electron chi connectivity index (χ2n) is 13.7. The summed E-state index contributed by atoms with van der Waals surface area (Å²) in [5.74, 6) is 0.0503. The first-order valence-corrected chi connectivity index (χ1v) is 16.6. The standard InChI is InChI=1S/C34H54O6/c1-5-6-7-8-9-10-11-12-13-14-15-16-17-18-19-20-27(35)39-31-33-22-32(33,30(36)37-4)26-21-25(24(2)3)28(26)29-34(33,40-29)23-38-31/h26,28-29,31H,5-23H2,1-4H3/t26-,28+,29?,31?,32+,33?,34-/m1/s1. The molecule has 0 radical (unpaired) electrons. The molecular weight excluding hydrogens is 504 g/mol. The minimum absolute atomic E-state index is 0.0654. The SMILES string of the molecule is CCCCCCCCCCCCCCCCCC(=O)OC1OC[C@@]23OC2[C@H]2C(=C(C)C)C[C@H]2[C@]2(C(=O)OC)CC132. The Morgan fingerprint density at radius 2 is 1.45 bits per heavy atom. The number of hydrogen-bond acceptors (Lipinski definition) is 6. The average molecular weight is 559 g/mol. The highest BCUT2D eigenvalue weighted by molar-refractivity contribution is 5.85. The molecule has 2 heterocycles. The Kier molecular flexibility index (Phi) is 9.36. The molecule has 40 heavy (non-hydrogen) atoms. The van der Waals surface area contributed by atoms with Crippen LogP contribution in [0.3, 0.4) is 0 Å². The van der Waals surface area contributed by atoms with Gasteiger partial charge in [-0.15, -0.1) is 0 Å². The van der Waals surface area contributed by atoms with Gasteiger partial charge in [0.25, 0.3) is 0 Å². The van der Waals surface area contributed by atoms with E-state index < -0.39 is 22.7 Å². The minimum atomic E-state index is -0.711. The zero-order valence-corrected chi connectivity index (χ0v) is 25.7. The molecule has 3 aliphatic carbocycles. The van der Waals surface area contributed by atoms with Crippen LogP contribution in [-0.2, 0) is 28.5 Å². The number of carbonyl (C=O) groups excluding carboxylic acids is 2. The molecule has 0 aromatic carbocycles. The van der Waals surface area contributed by atoms with Gasteiger partial charge in [-0.05, 0) is 39.0 Å².